The zero-order valence-electron chi connectivity index (χ0n) is 13.5. The minimum atomic E-state index is -0.323. The standard InChI is InChI=1S/C20H22O3/c1-22-17-13-11-16(12-14-17)20(21)23-19-10-6-5-9-18(19)15-7-3-2-4-8-15/h5-6,9-15H,2-4,7-8H2,1H3. The van der Waals surface area contributed by atoms with Gasteiger partial charge in [-0.3, -0.25) is 0 Å². The molecule has 0 spiro atoms. The van der Waals surface area contributed by atoms with Gasteiger partial charge in [-0.15, -0.1) is 0 Å². The van der Waals surface area contributed by atoms with E-state index in [1.165, 1.54) is 32.1 Å². The number of hydrogen-bond donors (Lipinski definition) is 0. The van der Waals surface area contributed by atoms with Crippen LogP contribution in [0.15, 0.2) is 48.5 Å². The first-order chi connectivity index (χ1) is 11.3. The van der Waals surface area contributed by atoms with Gasteiger partial charge in [-0.25, -0.2) is 4.79 Å². The van der Waals surface area contributed by atoms with Gasteiger partial charge in [-0.1, -0.05) is 37.5 Å². The molecule has 2 aromatic rings. The van der Waals surface area contributed by atoms with Crippen LogP contribution in [0.4, 0.5) is 0 Å². The lowest BCUT2D eigenvalue weighted by atomic mass is 9.84. The highest BCUT2D eigenvalue weighted by Gasteiger charge is 2.20. The maximum Gasteiger partial charge on any atom is 0.343 e. The lowest BCUT2D eigenvalue weighted by Gasteiger charge is -2.23. The van der Waals surface area contributed by atoms with Crippen molar-refractivity contribution < 1.29 is 14.3 Å². The summed E-state index contributed by atoms with van der Waals surface area (Å²) in [7, 11) is 1.60. The largest absolute Gasteiger partial charge is 0.497 e. The Kier molecular flexibility index (Phi) is 4.96. The first kappa shape index (κ1) is 15.6. The molecule has 1 saturated carbocycles. The van der Waals surface area contributed by atoms with Crippen molar-refractivity contribution in [2.75, 3.05) is 7.11 Å². The number of ether oxygens (including phenoxy) is 2. The van der Waals surface area contributed by atoms with Gasteiger partial charge in [0.15, 0.2) is 0 Å². The van der Waals surface area contributed by atoms with Crippen LogP contribution in [0.25, 0.3) is 0 Å². The molecule has 0 radical (unpaired) electrons. The van der Waals surface area contributed by atoms with E-state index in [1.807, 2.05) is 18.2 Å². The molecule has 0 aliphatic heterocycles. The predicted octanol–water partition coefficient (Wildman–Crippen LogP) is 4.96. The second kappa shape index (κ2) is 7.32. The minimum Gasteiger partial charge on any atom is -0.497 e. The number of methoxy groups -OCH3 is 1. The van der Waals surface area contributed by atoms with E-state index < -0.39 is 0 Å². The molecule has 3 rings (SSSR count). The summed E-state index contributed by atoms with van der Waals surface area (Å²) in [6, 6.07) is 14.9. The Bertz CT molecular complexity index is 655. The Labute approximate surface area is 137 Å². The maximum absolute atomic E-state index is 12.4. The van der Waals surface area contributed by atoms with Gasteiger partial charge in [0.05, 0.1) is 12.7 Å². The molecule has 1 aliphatic carbocycles. The molecule has 2 aromatic carbocycles. The molecule has 3 heteroatoms. The summed E-state index contributed by atoms with van der Waals surface area (Å²) in [5.41, 5.74) is 1.69. The first-order valence-electron chi connectivity index (χ1n) is 8.23. The molecular formula is C20H22O3. The SMILES string of the molecule is COc1ccc(C(=O)Oc2ccccc2C2CCCCC2)cc1. The zero-order chi connectivity index (χ0) is 16.1. The molecule has 0 saturated heterocycles. The van der Waals surface area contributed by atoms with Gasteiger partial charge < -0.3 is 9.47 Å². The van der Waals surface area contributed by atoms with Crippen LogP contribution in [0, 0.1) is 0 Å². The topological polar surface area (TPSA) is 35.5 Å². The van der Waals surface area contributed by atoms with Gasteiger partial charge in [0.2, 0.25) is 0 Å². The summed E-state index contributed by atoms with van der Waals surface area (Å²) < 4.78 is 10.8. The fourth-order valence-corrected chi connectivity index (χ4v) is 3.21. The number of carbonyl (C=O) groups is 1. The van der Waals surface area contributed by atoms with E-state index in [-0.39, 0.29) is 5.97 Å². The normalized spacial score (nSPS) is 15.2. The minimum absolute atomic E-state index is 0.323. The summed E-state index contributed by atoms with van der Waals surface area (Å²) in [6.45, 7) is 0. The highest BCUT2D eigenvalue weighted by Crippen LogP contribution is 2.37. The van der Waals surface area contributed by atoms with Gasteiger partial charge in [0.1, 0.15) is 11.5 Å². The van der Waals surface area contributed by atoms with Crippen molar-refractivity contribution in [2.24, 2.45) is 0 Å². The molecular weight excluding hydrogens is 288 g/mol. The fraction of sp³-hybridized carbons (Fsp3) is 0.350. The van der Waals surface area contributed by atoms with Crippen LogP contribution in [0.2, 0.25) is 0 Å². The molecule has 1 aliphatic rings. The van der Waals surface area contributed by atoms with Crippen molar-refractivity contribution in [2.45, 2.75) is 38.0 Å². The molecule has 0 heterocycles. The third-order valence-electron chi connectivity index (χ3n) is 4.49. The molecule has 23 heavy (non-hydrogen) atoms. The molecule has 0 unspecified atom stereocenters. The van der Waals surface area contributed by atoms with Crippen LogP contribution in [-0.4, -0.2) is 13.1 Å². The van der Waals surface area contributed by atoms with Gasteiger partial charge in [-0.05, 0) is 54.7 Å². The third-order valence-corrected chi connectivity index (χ3v) is 4.49. The molecule has 0 amide bonds. The smallest absolute Gasteiger partial charge is 0.343 e. The van der Waals surface area contributed by atoms with Gasteiger partial charge in [-0.2, -0.15) is 0 Å². The number of esters is 1. The van der Waals surface area contributed by atoms with Crippen molar-refractivity contribution in [3.63, 3.8) is 0 Å². The first-order valence-corrected chi connectivity index (χ1v) is 8.23. The number of carbonyl (C=O) groups excluding carboxylic acids is 1. The van der Waals surface area contributed by atoms with E-state index in [0.29, 0.717) is 17.2 Å². The molecule has 0 aromatic heterocycles. The van der Waals surface area contributed by atoms with Crippen LogP contribution >= 0.6 is 0 Å². The Hall–Kier alpha value is -2.29. The van der Waals surface area contributed by atoms with Crippen LogP contribution in [0.3, 0.4) is 0 Å². The van der Waals surface area contributed by atoms with Crippen molar-refractivity contribution in [3.8, 4) is 11.5 Å². The van der Waals surface area contributed by atoms with Crippen molar-refractivity contribution >= 4 is 5.97 Å². The van der Waals surface area contributed by atoms with Crippen LogP contribution in [0.1, 0.15) is 53.9 Å². The third kappa shape index (κ3) is 3.73. The number of rotatable bonds is 4. The molecule has 0 N–H and O–H groups in total. The molecule has 0 bridgehead atoms. The van der Waals surface area contributed by atoms with Gasteiger partial charge >= 0.3 is 5.97 Å². The summed E-state index contributed by atoms with van der Waals surface area (Å²) in [5, 5.41) is 0. The quantitative estimate of drug-likeness (QED) is 0.591. The van der Waals surface area contributed by atoms with E-state index in [1.54, 1.807) is 31.4 Å². The van der Waals surface area contributed by atoms with Crippen LogP contribution in [0.5, 0.6) is 11.5 Å². The van der Waals surface area contributed by atoms with Crippen molar-refractivity contribution in [3.05, 3.63) is 59.7 Å². The number of benzene rings is 2. The molecule has 120 valence electrons. The Balaban J connectivity index is 1.77. The second-order valence-electron chi connectivity index (χ2n) is 5.99. The van der Waals surface area contributed by atoms with Crippen LogP contribution < -0.4 is 9.47 Å². The summed E-state index contributed by atoms with van der Waals surface area (Å²) in [4.78, 5) is 12.4. The summed E-state index contributed by atoms with van der Waals surface area (Å²) in [5.74, 6) is 1.60. The fourth-order valence-electron chi connectivity index (χ4n) is 3.21. The monoisotopic (exact) mass is 310 g/mol. The van der Waals surface area contributed by atoms with E-state index in [0.717, 1.165) is 11.3 Å². The van der Waals surface area contributed by atoms with E-state index in [4.69, 9.17) is 9.47 Å². The van der Waals surface area contributed by atoms with Crippen molar-refractivity contribution in [1.29, 1.82) is 0 Å². The number of para-hydroxylation sites is 1. The van der Waals surface area contributed by atoms with Gasteiger partial charge in [0, 0.05) is 0 Å². The zero-order valence-corrected chi connectivity index (χ0v) is 13.5. The number of hydrogen-bond acceptors (Lipinski definition) is 3. The summed E-state index contributed by atoms with van der Waals surface area (Å²) >= 11 is 0. The predicted molar refractivity (Wildman–Crippen MR) is 90.2 cm³/mol. The van der Waals surface area contributed by atoms with E-state index in [9.17, 15) is 4.79 Å². The molecule has 1 fully saturated rings. The molecule has 0 atom stereocenters. The Morgan fingerprint density at radius 3 is 2.35 bits per heavy atom. The summed E-state index contributed by atoms with van der Waals surface area (Å²) in [6.07, 6.45) is 6.18. The van der Waals surface area contributed by atoms with E-state index in [2.05, 4.69) is 6.07 Å². The molecule has 3 nitrogen and oxygen atoms in total. The van der Waals surface area contributed by atoms with Crippen LogP contribution in [-0.2, 0) is 0 Å². The van der Waals surface area contributed by atoms with Gasteiger partial charge in [0.25, 0.3) is 0 Å². The highest BCUT2D eigenvalue weighted by molar-refractivity contribution is 5.91. The highest BCUT2D eigenvalue weighted by atomic mass is 16.5. The maximum atomic E-state index is 12.4. The Morgan fingerprint density at radius 1 is 0.957 bits per heavy atom. The Morgan fingerprint density at radius 2 is 1.65 bits per heavy atom. The lowest BCUT2D eigenvalue weighted by Crippen LogP contribution is -2.12. The van der Waals surface area contributed by atoms with Crippen molar-refractivity contribution in [1.82, 2.24) is 0 Å². The average molecular weight is 310 g/mol. The van der Waals surface area contributed by atoms with E-state index >= 15 is 0 Å². The average Bonchev–Trinajstić information content (AvgIpc) is 2.63. The lowest BCUT2D eigenvalue weighted by molar-refractivity contribution is 0.0732. The second-order valence-corrected chi connectivity index (χ2v) is 5.99.